The summed E-state index contributed by atoms with van der Waals surface area (Å²) in [7, 11) is 0. The molecule has 7 heteroatoms. The quantitative estimate of drug-likeness (QED) is 0.782. The van der Waals surface area contributed by atoms with Gasteiger partial charge in [-0.15, -0.1) is 10.2 Å². The predicted octanol–water partition coefficient (Wildman–Crippen LogP) is 2.94. The highest BCUT2D eigenvalue weighted by Gasteiger charge is 2.30. The van der Waals surface area contributed by atoms with E-state index in [0.29, 0.717) is 18.8 Å². The molecule has 0 spiro atoms. The van der Waals surface area contributed by atoms with E-state index in [-0.39, 0.29) is 5.91 Å². The standard InChI is InChI=1S/C16H17N5OS/c1-10-2-6-12(7-3-10)17-13(22)8-9-14-20-21-15(11-4-5-11)18-19-16(21)23-14/h2-3,6-7,11H,4-5,8-9H2,1H3,(H,17,22). The smallest absolute Gasteiger partial charge is 0.234 e. The summed E-state index contributed by atoms with van der Waals surface area (Å²) in [5.41, 5.74) is 2.00. The lowest BCUT2D eigenvalue weighted by Crippen LogP contribution is -2.12. The maximum atomic E-state index is 12.0. The first-order chi connectivity index (χ1) is 11.2. The van der Waals surface area contributed by atoms with E-state index in [1.54, 1.807) is 0 Å². The lowest BCUT2D eigenvalue weighted by molar-refractivity contribution is -0.116. The van der Waals surface area contributed by atoms with Crippen molar-refractivity contribution in [2.24, 2.45) is 0 Å². The van der Waals surface area contributed by atoms with Crippen molar-refractivity contribution in [2.75, 3.05) is 5.32 Å². The molecule has 0 aliphatic heterocycles. The van der Waals surface area contributed by atoms with Gasteiger partial charge in [0, 0.05) is 24.4 Å². The maximum absolute atomic E-state index is 12.0. The number of anilines is 1. The number of fused-ring (bicyclic) bond motifs is 1. The third kappa shape index (κ3) is 3.10. The Morgan fingerprint density at radius 3 is 2.83 bits per heavy atom. The molecule has 3 aromatic rings. The van der Waals surface area contributed by atoms with E-state index in [0.717, 1.165) is 21.5 Å². The van der Waals surface area contributed by atoms with Crippen LogP contribution in [-0.2, 0) is 11.2 Å². The van der Waals surface area contributed by atoms with Gasteiger partial charge in [0.2, 0.25) is 10.9 Å². The molecular weight excluding hydrogens is 310 g/mol. The Morgan fingerprint density at radius 1 is 1.30 bits per heavy atom. The molecule has 118 valence electrons. The molecule has 2 aromatic heterocycles. The van der Waals surface area contributed by atoms with Gasteiger partial charge in [-0.3, -0.25) is 4.79 Å². The molecule has 1 saturated carbocycles. The van der Waals surface area contributed by atoms with Crippen LogP contribution < -0.4 is 5.32 Å². The van der Waals surface area contributed by atoms with Crippen molar-refractivity contribution in [3.8, 4) is 0 Å². The average Bonchev–Trinajstić information content (AvgIpc) is 3.17. The van der Waals surface area contributed by atoms with Crippen molar-refractivity contribution in [2.45, 2.75) is 38.5 Å². The summed E-state index contributed by atoms with van der Waals surface area (Å²) in [6, 6.07) is 7.80. The molecular formula is C16H17N5OS. The van der Waals surface area contributed by atoms with Crippen molar-refractivity contribution >= 4 is 27.9 Å². The van der Waals surface area contributed by atoms with Gasteiger partial charge in [0.15, 0.2) is 5.82 Å². The first kappa shape index (κ1) is 14.3. The number of rotatable bonds is 5. The van der Waals surface area contributed by atoms with Gasteiger partial charge in [0.1, 0.15) is 5.01 Å². The minimum absolute atomic E-state index is 0.00207. The fourth-order valence-corrected chi connectivity index (χ4v) is 3.29. The second-order valence-electron chi connectivity index (χ2n) is 5.94. The average molecular weight is 327 g/mol. The monoisotopic (exact) mass is 327 g/mol. The number of benzene rings is 1. The molecule has 1 aliphatic carbocycles. The SMILES string of the molecule is Cc1ccc(NC(=O)CCc2nn3c(C4CC4)nnc3s2)cc1. The van der Waals surface area contributed by atoms with Gasteiger partial charge in [-0.2, -0.15) is 9.61 Å². The summed E-state index contributed by atoms with van der Waals surface area (Å²) in [6.07, 6.45) is 3.38. The molecule has 1 aliphatic rings. The molecule has 1 amide bonds. The van der Waals surface area contributed by atoms with Crippen molar-refractivity contribution in [3.63, 3.8) is 0 Å². The molecule has 2 heterocycles. The number of nitrogens with one attached hydrogen (secondary N) is 1. The maximum Gasteiger partial charge on any atom is 0.234 e. The minimum Gasteiger partial charge on any atom is -0.326 e. The topological polar surface area (TPSA) is 72.2 Å². The highest BCUT2D eigenvalue weighted by atomic mass is 32.1. The number of nitrogens with zero attached hydrogens (tertiary/aromatic N) is 4. The third-order valence-electron chi connectivity index (χ3n) is 3.90. The van der Waals surface area contributed by atoms with Crippen LogP contribution in [0.3, 0.4) is 0 Å². The minimum atomic E-state index is 0.00207. The Morgan fingerprint density at radius 2 is 2.09 bits per heavy atom. The molecule has 0 atom stereocenters. The second-order valence-corrected chi connectivity index (χ2v) is 6.98. The molecule has 0 radical (unpaired) electrons. The van der Waals surface area contributed by atoms with Crippen molar-refractivity contribution in [1.82, 2.24) is 19.8 Å². The zero-order valence-electron chi connectivity index (χ0n) is 12.8. The number of amides is 1. The van der Waals surface area contributed by atoms with E-state index in [9.17, 15) is 4.79 Å². The van der Waals surface area contributed by atoms with Gasteiger partial charge in [-0.25, -0.2) is 0 Å². The lowest BCUT2D eigenvalue weighted by Gasteiger charge is -2.04. The highest BCUT2D eigenvalue weighted by molar-refractivity contribution is 7.16. The van der Waals surface area contributed by atoms with E-state index >= 15 is 0 Å². The Balaban J connectivity index is 1.38. The normalized spacial score (nSPS) is 14.3. The zero-order chi connectivity index (χ0) is 15.8. The first-order valence-corrected chi connectivity index (χ1v) is 8.58. The predicted molar refractivity (Wildman–Crippen MR) is 88.8 cm³/mol. The van der Waals surface area contributed by atoms with Crippen LogP contribution in [0.25, 0.3) is 4.96 Å². The highest BCUT2D eigenvalue weighted by Crippen LogP contribution is 2.39. The summed E-state index contributed by atoms with van der Waals surface area (Å²) in [6.45, 7) is 2.02. The summed E-state index contributed by atoms with van der Waals surface area (Å²) >= 11 is 1.51. The number of carbonyl (C=O) groups is 1. The van der Waals surface area contributed by atoms with Gasteiger partial charge in [0.25, 0.3) is 0 Å². The number of aryl methyl sites for hydroxylation is 2. The Labute approximate surface area is 137 Å². The number of aromatic nitrogens is 4. The van der Waals surface area contributed by atoms with Gasteiger partial charge >= 0.3 is 0 Å². The molecule has 1 fully saturated rings. The van der Waals surface area contributed by atoms with E-state index in [4.69, 9.17) is 0 Å². The summed E-state index contributed by atoms with van der Waals surface area (Å²) < 4.78 is 1.84. The third-order valence-corrected chi connectivity index (χ3v) is 4.86. The van der Waals surface area contributed by atoms with E-state index in [2.05, 4.69) is 20.6 Å². The van der Waals surface area contributed by atoms with E-state index < -0.39 is 0 Å². The fraction of sp³-hybridized carbons (Fsp3) is 0.375. The van der Waals surface area contributed by atoms with Crippen LogP contribution in [0.15, 0.2) is 24.3 Å². The molecule has 0 saturated heterocycles. The summed E-state index contributed by atoms with van der Waals surface area (Å²) in [5.74, 6) is 1.48. The van der Waals surface area contributed by atoms with E-state index in [1.165, 1.54) is 29.7 Å². The summed E-state index contributed by atoms with van der Waals surface area (Å²) in [5, 5.41) is 16.8. The van der Waals surface area contributed by atoms with Gasteiger partial charge in [-0.05, 0) is 31.9 Å². The Kier molecular flexibility index (Phi) is 3.57. The number of hydrogen-bond donors (Lipinski definition) is 1. The summed E-state index contributed by atoms with van der Waals surface area (Å²) in [4.78, 5) is 12.9. The first-order valence-electron chi connectivity index (χ1n) is 7.76. The van der Waals surface area contributed by atoms with Gasteiger partial charge < -0.3 is 5.32 Å². The number of hydrogen-bond acceptors (Lipinski definition) is 5. The van der Waals surface area contributed by atoms with Crippen LogP contribution >= 0.6 is 11.3 Å². The van der Waals surface area contributed by atoms with Crippen LogP contribution in [0.5, 0.6) is 0 Å². The Hall–Kier alpha value is -2.28. The molecule has 1 N–H and O–H groups in total. The molecule has 4 rings (SSSR count). The van der Waals surface area contributed by atoms with Crippen molar-refractivity contribution < 1.29 is 4.79 Å². The van der Waals surface area contributed by atoms with Crippen molar-refractivity contribution in [3.05, 3.63) is 40.7 Å². The molecule has 6 nitrogen and oxygen atoms in total. The van der Waals surface area contributed by atoms with E-state index in [1.807, 2.05) is 35.7 Å². The fourth-order valence-electron chi connectivity index (χ4n) is 2.45. The van der Waals surface area contributed by atoms with Crippen LogP contribution in [0.4, 0.5) is 5.69 Å². The lowest BCUT2D eigenvalue weighted by atomic mass is 10.2. The molecule has 0 bridgehead atoms. The van der Waals surface area contributed by atoms with Crippen LogP contribution in [0.1, 0.15) is 41.6 Å². The zero-order valence-corrected chi connectivity index (χ0v) is 13.6. The number of carbonyl (C=O) groups excluding carboxylic acids is 1. The molecule has 0 unspecified atom stereocenters. The van der Waals surface area contributed by atoms with Crippen LogP contribution in [0.2, 0.25) is 0 Å². The molecule has 23 heavy (non-hydrogen) atoms. The van der Waals surface area contributed by atoms with Crippen LogP contribution in [0, 0.1) is 6.92 Å². The second kappa shape index (κ2) is 5.73. The van der Waals surface area contributed by atoms with Crippen LogP contribution in [-0.4, -0.2) is 25.7 Å². The van der Waals surface area contributed by atoms with Gasteiger partial charge in [-0.1, -0.05) is 29.0 Å². The van der Waals surface area contributed by atoms with Crippen molar-refractivity contribution in [1.29, 1.82) is 0 Å². The largest absolute Gasteiger partial charge is 0.326 e. The molecule has 1 aromatic carbocycles. The Bertz CT molecular complexity index is 847. The van der Waals surface area contributed by atoms with Gasteiger partial charge in [0.05, 0.1) is 0 Å².